The lowest BCUT2D eigenvalue weighted by Crippen LogP contribution is -2.71. The lowest BCUT2D eigenvalue weighted by Gasteiger charge is -2.58. The van der Waals surface area contributed by atoms with E-state index in [4.69, 9.17) is 14.3 Å². The van der Waals surface area contributed by atoms with E-state index >= 15 is 0 Å². The van der Waals surface area contributed by atoms with Crippen LogP contribution in [0.5, 0.6) is 5.75 Å². The lowest BCUT2D eigenvalue weighted by molar-refractivity contribution is -0.161. The number of aliphatic hydroxyl groups excluding tert-OH is 2. The summed E-state index contributed by atoms with van der Waals surface area (Å²) in [7, 11) is 1.99. The molecule has 252 valence electrons. The number of amides is 1. The molecule has 46 heavy (non-hydrogen) atoms. The van der Waals surface area contributed by atoms with Gasteiger partial charge < -0.3 is 35.0 Å². The van der Waals surface area contributed by atoms with Gasteiger partial charge in [0.15, 0.2) is 12.2 Å². The van der Waals surface area contributed by atoms with Crippen molar-refractivity contribution in [2.75, 3.05) is 20.1 Å². The van der Waals surface area contributed by atoms with Crippen LogP contribution in [0, 0.1) is 6.92 Å². The van der Waals surface area contributed by atoms with Gasteiger partial charge in [0.1, 0.15) is 11.5 Å². The maximum Gasteiger partial charge on any atom is 0.446 e. The topological polar surface area (TPSA) is 146 Å². The highest BCUT2D eigenvalue weighted by atomic mass is 19.4. The first kappa shape index (κ1) is 36.7. The number of carbonyl (C=O) groups excluding carboxylic acids is 3. The molecule has 4 N–H and O–H groups in total. The number of hydrogen-bond acceptors (Lipinski definition) is 9. The fraction of sp³-hybridized carbons (Fsp3) is 0.485. The SMILES string of the molecule is C.Cc1ccc(CO)c2c1[C@]13CCN(C)[C@H](C)[C@]1(O)CC=C(OC(=O)CCNC(=O)[C@@H](O)c1ccccc1)[C@@H]3O2.O=CC(F)(F)F. The molecule has 3 aliphatic rings. The summed E-state index contributed by atoms with van der Waals surface area (Å²) < 4.78 is 43.5. The third-order valence-electron chi connectivity index (χ3n) is 8.96. The Kier molecular flexibility index (Phi) is 11.4. The van der Waals surface area contributed by atoms with Gasteiger partial charge in [-0.15, -0.1) is 0 Å². The Morgan fingerprint density at radius 1 is 1.22 bits per heavy atom. The highest BCUT2D eigenvalue weighted by molar-refractivity contribution is 5.82. The molecule has 2 aromatic rings. The molecule has 0 bridgehead atoms. The summed E-state index contributed by atoms with van der Waals surface area (Å²) in [6.45, 7) is 4.46. The van der Waals surface area contributed by atoms with Crippen LogP contribution in [0.1, 0.15) is 62.0 Å². The summed E-state index contributed by atoms with van der Waals surface area (Å²) in [6, 6.07) is 12.1. The molecule has 0 radical (unpaired) electrons. The number of aryl methyl sites for hydroxylation is 1. The summed E-state index contributed by atoms with van der Waals surface area (Å²) in [5.74, 6) is -0.284. The highest BCUT2D eigenvalue weighted by Crippen LogP contribution is 2.61. The average molecular weight is 651 g/mol. The monoisotopic (exact) mass is 650 g/mol. The normalized spacial score (nSPS) is 25.5. The number of likely N-dealkylation sites (N-methyl/N-ethyl adjacent to an activating group) is 1. The minimum Gasteiger partial charge on any atom is -0.481 e. The predicted octanol–water partition coefficient (Wildman–Crippen LogP) is 3.40. The molecule has 1 fully saturated rings. The van der Waals surface area contributed by atoms with Gasteiger partial charge in [-0.1, -0.05) is 49.9 Å². The highest BCUT2D eigenvalue weighted by Gasteiger charge is 2.69. The number of rotatable bonds is 7. The van der Waals surface area contributed by atoms with Crippen molar-refractivity contribution in [3.05, 3.63) is 76.6 Å². The van der Waals surface area contributed by atoms with Gasteiger partial charge in [0.25, 0.3) is 5.91 Å². The van der Waals surface area contributed by atoms with Crippen molar-refractivity contribution in [3.8, 4) is 5.75 Å². The van der Waals surface area contributed by atoms with Gasteiger partial charge in [-0.25, -0.2) is 0 Å². The van der Waals surface area contributed by atoms with Gasteiger partial charge >= 0.3 is 12.1 Å². The molecule has 2 aromatic carbocycles. The van der Waals surface area contributed by atoms with Crippen LogP contribution in [-0.4, -0.2) is 82.4 Å². The largest absolute Gasteiger partial charge is 0.481 e. The molecular formula is C33H41F3N2O8. The van der Waals surface area contributed by atoms with Crippen LogP contribution < -0.4 is 10.1 Å². The zero-order valence-electron chi connectivity index (χ0n) is 25.1. The summed E-state index contributed by atoms with van der Waals surface area (Å²) >= 11 is 0. The van der Waals surface area contributed by atoms with Crippen molar-refractivity contribution in [1.29, 1.82) is 0 Å². The summed E-state index contributed by atoms with van der Waals surface area (Å²) in [4.78, 5) is 36.1. The van der Waals surface area contributed by atoms with Crippen LogP contribution in [0.3, 0.4) is 0 Å². The first-order valence-electron chi connectivity index (χ1n) is 14.5. The molecule has 0 unspecified atom stereocenters. The Morgan fingerprint density at radius 2 is 1.87 bits per heavy atom. The lowest BCUT2D eigenvalue weighted by atomic mass is 9.54. The first-order chi connectivity index (χ1) is 21.2. The molecule has 1 amide bonds. The minimum absolute atomic E-state index is 0. The number of carbonyl (C=O) groups is 3. The smallest absolute Gasteiger partial charge is 0.446 e. The number of likely N-dealkylation sites (tertiary alicyclic amines) is 1. The number of fused-ring (bicyclic) bond motifs is 1. The Morgan fingerprint density at radius 3 is 2.48 bits per heavy atom. The fourth-order valence-corrected chi connectivity index (χ4v) is 6.55. The van der Waals surface area contributed by atoms with Gasteiger partial charge in [0, 0.05) is 30.1 Å². The molecule has 1 saturated heterocycles. The summed E-state index contributed by atoms with van der Waals surface area (Å²) in [5.41, 5.74) is 0.857. The maximum atomic E-state index is 12.9. The molecule has 1 spiro atoms. The van der Waals surface area contributed by atoms with E-state index in [1.807, 2.05) is 33.0 Å². The third-order valence-corrected chi connectivity index (χ3v) is 8.96. The van der Waals surface area contributed by atoms with Crippen molar-refractivity contribution < 1.29 is 52.3 Å². The second kappa shape index (κ2) is 14.3. The van der Waals surface area contributed by atoms with Crippen molar-refractivity contribution in [1.82, 2.24) is 10.2 Å². The Hall–Kier alpha value is -3.78. The Bertz CT molecular complexity index is 1450. The molecule has 13 heteroatoms. The number of halogens is 3. The van der Waals surface area contributed by atoms with Gasteiger partial charge in [-0.05, 0) is 51.1 Å². The standard InChI is InChI=1S/C30H36N2O7.C2HF3O.CH4/c1-18-9-10-21(17-33)26-24(18)29-14-16-32(3)19(2)30(29,37)13-11-22(27(29)39-26)38-23(34)12-15-31-28(36)25(35)20-7-5-4-6-8-20;3-2(4,5)1-6;/h4-11,19,25,27,33,35,37H,12-17H2,1-3H3,(H,31,36);1H;1H4/t19-,25+,27+,29+,30-;;/m1../s1. The number of esters is 1. The molecule has 0 aromatic heterocycles. The van der Waals surface area contributed by atoms with E-state index in [1.165, 1.54) is 0 Å². The molecule has 10 nitrogen and oxygen atoms in total. The zero-order chi connectivity index (χ0) is 33.2. The van der Waals surface area contributed by atoms with Crippen LogP contribution in [0.2, 0.25) is 0 Å². The van der Waals surface area contributed by atoms with Gasteiger partial charge in [0.2, 0.25) is 6.29 Å². The van der Waals surface area contributed by atoms with E-state index < -0.39 is 47.6 Å². The Labute approximate surface area is 265 Å². The molecule has 5 rings (SSSR count). The number of aldehydes is 1. The van der Waals surface area contributed by atoms with E-state index in [9.17, 15) is 38.1 Å². The van der Waals surface area contributed by atoms with Gasteiger partial charge in [-0.3, -0.25) is 14.4 Å². The number of hydrogen-bond donors (Lipinski definition) is 4. The average Bonchev–Trinajstić information content (AvgIpc) is 3.38. The number of benzene rings is 2. The number of nitrogens with one attached hydrogen (secondary N) is 1. The second-order valence-corrected chi connectivity index (χ2v) is 11.5. The summed E-state index contributed by atoms with van der Waals surface area (Å²) in [6.07, 6.45) is -5.31. The van der Waals surface area contributed by atoms with Crippen molar-refractivity contribution in [2.24, 2.45) is 0 Å². The molecular weight excluding hydrogens is 609 g/mol. The quantitative estimate of drug-likeness (QED) is 0.262. The van der Waals surface area contributed by atoms with Crippen LogP contribution in [0.25, 0.3) is 0 Å². The van der Waals surface area contributed by atoms with Crippen molar-refractivity contribution in [2.45, 2.75) is 82.6 Å². The Balaban J connectivity index is 0.000000752. The predicted molar refractivity (Wildman–Crippen MR) is 162 cm³/mol. The number of nitrogens with zero attached hydrogens (tertiary/aromatic N) is 1. The van der Waals surface area contributed by atoms with Crippen LogP contribution >= 0.6 is 0 Å². The van der Waals surface area contributed by atoms with Gasteiger partial charge in [0.05, 0.1) is 24.0 Å². The third kappa shape index (κ3) is 6.82. The summed E-state index contributed by atoms with van der Waals surface area (Å²) in [5, 5.41) is 35.1. The number of piperidine rings is 1. The van der Waals surface area contributed by atoms with E-state index in [0.29, 0.717) is 35.6 Å². The first-order valence-corrected chi connectivity index (χ1v) is 14.5. The van der Waals surface area contributed by atoms with E-state index in [-0.39, 0.29) is 39.5 Å². The van der Waals surface area contributed by atoms with Crippen molar-refractivity contribution in [3.63, 3.8) is 0 Å². The number of alkyl halides is 3. The fourth-order valence-electron chi connectivity index (χ4n) is 6.55. The molecule has 2 heterocycles. The molecule has 5 atom stereocenters. The van der Waals surface area contributed by atoms with Crippen molar-refractivity contribution >= 4 is 18.2 Å². The molecule has 2 aliphatic heterocycles. The van der Waals surface area contributed by atoms with Crippen LogP contribution in [0.4, 0.5) is 13.2 Å². The second-order valence-electron chi connectivity index (χ2n) is 11.5. The molecule has 0 saturated carbocycles. The minimum atomic E-state index is -4.64. The zero-order valence-corrected chi connectivity index (χ0v) is 25.1. The van der Waals surface area contributed by atoms with E-state index in [2.05, 4.69) is 10.2 Å². The number of ether oxygens (including phenoxy) is 2. The van der Waals surface area contributed by atoms with E-state index in [0.717, 1.165) is 11.1 Å². The number of aliphatic hydroxyl groups is 3. The van der Waals surface area contributed by atoms with Crippen LogP contribution in [-0.2, 0) is 31.1 Å². The molecule has 1 aliphatic carbocycles. The van der Waals surface area contributed by atoms with Crippen LogP contribution in [0.15, 0.2) is 54.3 Å². The van der Waals surface area contributed by atoms with Gasteiger partial charge in [-0.2, -0.15) is 13.2 Å². The maximum absolute atomic E-state index is 12.9. The van der Waals surface area contributed by atoms with E-state index in [1.54, 1.807) is 36.4 Å².